The maximum absolute atomic E-state index is 12.2. The number of nitrogens with one attached hydrogen (secondary N) is 2. The number of nitrogens with zero attached hydrogens (tertiary/aromatic N) is 1. The molecule has 3 aromatic carbocycles. The summed E-state index contributed by atoms with van der Waals surface area (Å²) in [6.45, 7) is 2.37. The molecule has 0 aliphatic carbocycles. The lowest BCUT2D eigenvalue weighted by Gasteiger charge is -2.30. The number of fused-ring (bicyclic) bond motifs is 1. The van der Waals surface area contributed by atoms with Crippen LogP contribution in [0.15, 0.2) is 66.7 Å². The number of ether oxygens (including phenoxy) is 2. The maximum Gasteiger partial charge on any atom is 0.313 e. The van der Waals surface area contributed by atoms with Crippen molar-refractivity contribution in [1.29, 1.82) is 0 Å². The Hall–Kier alpha value is -4.00. The number of rotatable bonds is 8. The molecule has 0 atom stereocenters. The molecule has 0 unspecified atom stereocenters. The van der Waals surface area contributed by atoms with Gasteiger partial charge in [0, 0.05) is 31.4 Å². The van der Waals surface area contributed by atoms with Gasteiger partial charge in [-0.05, 0) is 60.2 Å². The lowest BCUT2D eigenvalue weighted by Crippen LogP contribution is -2.36. The van der Waals surface area contributed by atoms with Crippen molar-refractivity contribution >= 4 is 23.2 Å². The minimum Gasteiger partial charge on any atom is -0.497 e. The zero-order chi connectivity index (χ0) is 24.6. The first-order chi connectivity index (χ1) is 17.1. The van der Waals surface area contributed by atoms with Crippen molar-refractivity contribution in [3.05, 3.63) is 83.4 Å². The van der Waals surface area contributed by atoms with Gasteiger partial charge >= 0.3 is 11.8 Å². The van der Waals surface area contributed by atoms with Crippen LogP contribution in [0.2, 0.25) is 0 Å². The number of aryl methyl sites for hydroxylation is 1. The number of carbonyl (C=O) groups is 2. The van der Waals surface area contributed by atoms with Gasteiger partial charge in [0.1, 0.15) is 11.5 Å². The molecule has 0 radical (unpaired) electrons. The fourth-order valence-electron chi connectivity index (χ4n) is 4.25. The van der Waals surface area contributed by atoms with Gasteiger partial charge in [0.15, 0.2) is 0 Å². The summed E-state index contributed by atoms with van der Waals surface area (Å²) < 4.78 is 10.4. The molecule has 0 spiro atoms. The van der Waals surface area contributed by atoms with E-state index in [9.17, 15) is 9.59 Å². The zero-order valence-electron chi connectivity index (χ0n) is 20.2. The summed E-state index contributed by atoms with van der Waals surface area (Å²) in [6.07, 6.45) is 2.62. The maximum atomic E-state index is 12.2. The van der Waals surface area contributed by atoms with E-state index in [1.165, 1.54) is 29.5 Å². The summed E-state index contributed by atoms with van der Waals surface area (Å²) >= 11 is 0. The topological polar surface area (TPSA) is 79.9 Å². The number of carbonyl (C=O) groups excluding carboxylic acids is 2. The number of amides is 2. The van der Waals surface area contributed by atoms with Crippen LogP contribution in [0.25, 0.3) is 0 Å². The van der Waals surface area contributed by atoms with Gasteiger partial charge in [0.2, 0.25) is 0 Å². The molecule has 7 heteroatoms. The Balaban J connectivity index is 1.21. The van der Waals surface area contributed by atoms with E-state index >= 15 is 0 Å². The van der Waals surface area contributed by atoms with Crippen LogP contribution in [-0.2, 0) is 29.0 Å². The highest BCUT2D eigenvalue weighted by Crippen LogP contribution is 2.29. The van der Waals surface area contributed by atoms with Crippen molar-refractivity contribution in [2.24, 2.45) is 0 Å². The van der Waals surface area contributed by atoms with E-state index < -0.39 is 11.8 Å². The predicted molar refractivity (Wildman–Crippen MR) is 137 cm³/mol. The number of benzene rings is 3. The van der Waals surface area contributed by atoms with Crippen LogP contribution < -0.4 is 25.0 Å². The molecule has 182 valence electrons. The Morgan fingerprint density at radius 1 is 0.914 bits per heavy atom. The zero-order valence-corrected chi connectivity index (χ0v) is 20.2. The number of anilines is 2. The molecule has 2 amide bonds. The average Bonchev–Trinajstić information content (AvgIpc) is 2.91. The van der Waals surface area contributed by atoms with Gasteiger partial charge < -0.3 is 25.0 Å². The Kier molecular flexibility index (Phi) is 7.88. The molecule has 35 heavy (non-hydrogen) atoms. The van der Waals surface area contributed by atoms with Gasteiger partial charge in [-0.25, -0.2) is 0 Å². The Morgan fingerprint density at radius 2 is 1.69 bits per heavy atom. The predicted octanol–water partition coefficient (Wildman–Crippen LogP) is 3.95. The van der Waals surface area contributed by atoms with E-state index in [1.807, 2.05) is 0 Å². The standard InChI is InChI=1S/C28H31N3O4/c1-34-24-13-14-25(26(18-24)35-2)30-28(33)27(32)29-16-5-6-20-9-11-23(12-10-20)31-17-15-21-7-3-4-8-22(21)19-31/h3-4,7-14,18H,5-6,15-17,19H2,1-2H3,(H,29,32)(H,30,33). The van der Waals surface area contributed by atoms with Crippen molar-refractivity contribution in [2.75, 3.05) is 37.5 Å². The van der Waals surface area contributed by atoms with E-state index in [4.69, 9.17) is 9.47 Å². The lowest BCUT2D eigenvalue weighted by atomic mass is 9.99. The van der Waals surface area contributed by atoms with Gasteiger partial charge in [0.05, 0.1) is 19.9 Å². The summed E-state index contributed by atoms with van der Waals surface area (Å²) in [5, 5.41) is 5.26. The highest BCUT2D eigenvalue weighted by Gasteiger charge is 2.17. The third-order valence-electron chi connectivity index (χ3n) is 6.22. The molecule has 2 N–H and O–H groups in total. The van der Waals surface area contributed by atoms with E-state index in [0.717, 1.165) is 32.4 Å². The molecule has 1 aliphatic rings. The third kappa shape index (κ3) is 6.12. The first-order valence-electron chi connectivity index (χ1n) is 11.8. The van der Waals surface area contributed by atoms with Crippen molar-refractivity contribution in [3.63, 3.8) is 0 Å². The Morgan fingerprint density at radius 3 is 2.43 bits per heavy atom. The summed E-state index contributed by atoms with van der Waals surface area (Å²) in [7, 11) is 3.03. The van der Waals surface area contributed by atoms with E-state index in [1.54, 1.807) is 25.3 Å². The molecule has 0 saturated carbocycles. The fourth-order valence-corrected chi connectivity index (χ4v) is 4.25. The van der Waals surface area contributed by atoms with E-state index in [-0.39, 0.29) is 0 Å². The molecular formula is C28H31N3O4. The van der Waals surface area contributed by atoms with Crippen LogP contribution in [0.1, 0.15) is 23.1 Å². The minimum absolute atomic E-state index is 0.408. The van der Waals surface area contributed by atoms with Crippen LogP contribution in [0.5, 0.6) is 11.5 Å². The second kappa shape index (κ2) is 11.4. The molecular weight excluding hydrogens is 442 g/mol. The van der Waals surface area contributed by atoms with Crippen LogP contribution in [-0.4, -0.2) is 39.1 Å². The lowest BCUT2D eigenvalue weighted by molar-refractivity contribution is -0.136. The second-order valence-electron chi connectivity index (χ2n) is 8.49. The van der Waals surface area contributed by atoms with Crippen molar-refractivity contribution < 1.29 is 19.1 Å². The highest BCUT2D eigenvalue weighted by atomic mass is 16.5. The Labute approximate surface area is 206 Å². The number of hydrogen-bond acceptors (Lipinski definition) is 5. The number of methoxy groups -OCH3 is 2. The molecule has 0 fully saturated rings. The molecule has 7 nitrogen and oxygen atoms in total. The van der Waals surface area contributed by atoms with Gasteiger partial charge in [-0.15, -0.1) is 0 Å². The minimum atomic E-state index is -0.735. The monoisotopic (exact) mass is 473 g/mol. The van der Waals surface area contributed by atoms with Gasteiger partial charge in [-0.3, -0.25) is 9.59 Å². The highest BCUT2D eigenvalue weighted by molar-refractivity contribution is 6.39. The average molecular weight is 474 g/mol. The largest absolute Gasteiger partial charge is 0.497 e. The van der Waals surface area contributed by atoms with E-state index in [2.05, 4.69) is 64.1 Å². The molecule has 0 saturated heterocycles. The first-order valence-corrected chi connectivity index (χ1v) is 11.8. The summed E-state index contributed by atoms with van der Waals surface area (Å²) in [5.74, 6) is -0.397. The normalized spacial score (nSPS) is 12.5. The van der Waals surface area contributed by atoms with Crippen LogP contribution in [0, 0.1) is 0 Å². The second-order valence-corrected chi connectivity index (χ2v) is 8.49. The quantitative estimate of drug-likeness (QED) is 0.383. The molecule has 1 aliphatic heterocycles. The molecule has 0 aromatic heterocycles. The Bertz CT molecular complexity index is 1180. The van der Waals surface area contributed by atoms with Crippen molar-refractivity contribution in [3.8, 4) is 11.5 Å². The summed E-state index contributed by atoms with van der Waals surface area (Å²) in [6, 6.07) is 22.2. The number of hydrogen-bond donors (Lipinski definition) is 2. The van der Waals surface area contributed by atoms with Gasteiger partial charge in [0.25, 0.3) is 0 Å². The summed E-state index contributed by atoms with van der Waals surface area (Å²) in [5.41, 5.74) is 5.67. The fraction of sp³-hybridized carbons (Fsp3) is 0.286. The van der Waals surface area contributed by atoms with Crippen LogP contribution in [0.4, 0.5) is 11.4 Å². The molecule has 1 heterocycles. The molecule has 3 aromatic rings. The molecule has 4 rings (SSSR count). The first kappa shape index (κ1) is 24.1. The van der Waals surface area contributed by atoms with Gasteiger partial charge in [-0.2, -0.15) is 0 Å². The van der Waals surface area contributed by atoms with Crippen LogP contribution >= 0.6 is 0 Å². The van der Waals surface area contributed by atoms with Gasteiger partial charge in [-0.1, -0.05) is 36.4 Å². The van der Waals surface area contributed by atoms with Crippen LogP contribution in [0.3, 0.4) is 0 Å². The summed E-state index contributed by atoms with van der Waals surface area (Å²) in [4.78, 5) is 26.8. The third-order valence-corrected chi connectivity index (χ3v) is 6.22. The van der Waals surface area contributed by atoms with Crippen molar-refractivity contribution in [1.82, 2.24) is 5.32 Å². The van der Waals surface area contributed by atoms with E-state index in [0.29, 0.717) is 23.7 Å². The SMILES string of the molecule is COc1ccc(NC(=O)C(=O)NCCCc2ccc(N3CCc4ccccc4C3)cc2)c(OC)c1. The smallest absolute Gasteiger partial charge is 0.313 e. The van der Waals surface area contributed by atoms with Crippen molar-refractivity contribution in [2.45, 2.75) is 25.8 Å². The molecule has 0 bridgehead atoms.